The minimum Gasteiger partial charge on any atom is -0.480 e. The number of carbonyl (C=O) groups is 2. The zero-order valence-electron chi connectivity index (χ0n) is 11.4. The Labute approximate surface area is 125 Å². The summed E-state index contributed by atoms with van der Waals surface area (Å²) in [5, 5.41) is 15.6. The summed E-state index contributed by atoms with van der Waals surface area (Å²) in [6, 6.07) is 0.504. The van der Waals surface area contributed by atoms with Crippen LogP contribution in [0.2, 0.25) is 0 Å². The third-order valence-corrected chi connectivity index (χ3v) is 3.65. The standard InChI is InChI=1S/C13H16N4O3S/c1-17(6-9-2-3-21-7-9)13(20)16-11(12(18)19)4-10-5-14-8-15-10/h2-3,5,7-8,11H,4,6H2,1H3,(H,14,15)(H,16,20)(H,18,19). The summed E-state index contributed by atoms with van der Waals surface area (Å²) in [6.07, 6.45) is 3.17. The van der Waals surface area contributed by atoms with Gasteiger partial charge in [-0.1, -0.05) is 0 Å². The fourth-order valence-corrected chi connectivity index (χ4v) is 2.46. The van der Waals surface area contributed by atoms with Crippen LogP contribution < -0.4 is 5.32 Å². The number of carbonyl (C=O) groups excluding carboxylic acids is 1. The van der Waals surface area contributed by atoms with Crippen molar-refractivity contribution in [2.24, 2.45) is 0 Å². The van der Waals surface area contributed by atoms with Crippen LogP contribution in [0.25, 0.3) is 0 Å². The Kier molecular flexibility index (Phi) is 4.94. The molecule has 1 unspecified atom stereocenters. The molecule has 0 aliphatic rings. The second kappa shape index (κ2) is 6.89. The number of carboxylic acids is 1. The Morgan fingerprint density at radius 3 is 2.95 bits per heavy atom. The smallest absolute Gasteiger partial charge is 0.326 e. The second-order valence-electron chi connectivity index (χ2n) is 4.61. The van der Waals surface area contributed by atoms with Gasteiger partial charge in [0.2, 0.25) is 0 Å². The van der Waals surface area contributed by atoms with E-state index in [-0.39, 0.29) is 6.42 Å². The lowest BCUT2D eigenvalue weighted by Gasteiger charge is -2.20. The van der Waals surface area contributed by atoms with Crippen molar-refractivity contribution in [3.63, 3.8) is 0 Å². The summed E-state index contributed by atoms with van der Waals surface area (Å²) >= 11 is 1.55. The molecule has 0 aliphatic heterocycles. The van der Waals surface area contributed by atoms with Gasteiger partial charge in [-0.25, -0.2) is 14.6 Å². The Bertz CT molecular complexity index is 583. The molecule has 7 nitrogen and oxygen atoms in total. The highest BCUT2D eigenvalue weighted by atomic mass is 32.1. The van der Waals surface area contributed by atoms with E-state index in [9.17, 15) is 14.7 Å². The van der Waals surface area contributed by atoms with Gasteiger partial charge in [0.05, 0.1) is 6.33 Å². The van der Waals surface area contributed by atoms with Crippen LogP contribution in [0, 0.1) is 0 Å². The van der Waals surface area contributed by atoms with Crippen LogP contribution in [-0.4, -0.2) is 45.1 Å². The van der Waals surface area contributed by atoms with Crippen molar-refractivity contribution in [3.05, 3.63) is 40.6 Å². The number of aliphatic carboxylic acids is 1. The van der Waals surface area contributed by atoms with Gasteiger partial charge < -0.3 is 20.3 Å². The molecule has 0 aromatic carbocycles. The number of amides is 2. The number of rotatable bonds is 6. The second-order valence-corrected chi connectivity index (χ2v) is 5.39. The van der Waals surface area contributed by atoms with Crippen molar-refractivity contribution in [2.75, 3.05) is 7.05 Å². The summed E-state index contributed by atoms with van der Waals surface area (Å²) < 4.78 is 0. The van der Waals surface area contributed by atoms with Crippen LogP contribution in [0.1, 0.15) is 11.3 Å². The van der Waals surface area contributed by atoms with Crippen LogP contribution in [0.4, 0.5) is 4.79 Å². The topological polar surface area (TPSA) is 98.3 Å². The highest BCUT2D eigenvalue weighted by Gasteiger charge is 2.22. The molecular weight excluding hydrogens is 292 g/mol. The van der Waals surface area contributed by atoms with Crippen molar-refractivity contribution < 1.29 is 14.7 Å². The van der Waals surface area contributed by atoms with Gasteiger partial charge in [0, 0.05) is 31.9 Å². The largest absolute Gasteiger partial charge is 0.480 e. The van der Waals surface area contributed by atoms with Crippen molar-refractivity contribution in [1.82, 2.24) is 20.2 Å². The highest BCUT2D eigenvalue weighted by Crippen LogP contribution is 2.08. The number of nitrogens with one attached hydrogen (secondary N) is 2. The van der Waals surface area contributed by atoms with Crippen LogP contribution in [0.15, 0.2) is 29.4 Å². The summed E-state index contributed by atoms with van der Waals surface area (Å²) in [7, 11) is 1.63. The van der Waals surface area contributed by atoms with Crippen molar-refractivity contribution in [3.8, 4) is 0 Å². The Morgan fingerprint density at radius 1 is 1.57 bits per heavy atom. The van der Waals surface area contributed by atoms with E-state index in [1.165, 1.54) is 17.4 Å². The van der Waals surface area contributed by atoms with Gasteiger partial charge in [0.25, 0.3) is 0 Å². The maximum atomic E-state index is 12.0. The molecule has 0 radical (unpaired) electrons. The fourth-order valence-electron chi connectivity index (χ4n) is 1.80. The van der Waals surface area contributed by atoms with E-state index in [1.54, 1.807) is 18.4 Å². The van der Waals surface area contributed by atoms with Crippen LogP contribution >= 0.6 is 11.3 Å². The first-order valence-electron chi connectivity index (χ1n) is 6.29. The summed E-state index contributed by atoms with van der Waals surface area (Å²) in [5.74, 6) is -1.08. The first-order valence-corrected chi connectivity index (χ1v) is 7.23. The van der Waals surface area contributed by atoms with E-state index in [4.69, 9.17) is 0 Å². The van der Waals surface area contributed by atoms with Crippen LogP contribution in [-0.2, 0) is 17.8 Å². The third kappa shape index (κ3) is 4.32. The van der Waals surface area contributed by atoms with Crippen molar-refractivity contribution >= 4 is 23.3 Å². The zero-order valence-corrected chi connectivity index (χ0v) is 12.3. The third-order valence-electron chi connectivity index (χ3n) is 2.92. The number of carboxylic acid groups (broad SMARTS) is 1. The fraction of sp³-hybridized carbons (Fsp3) is 0.308. The Morgan fingerprint density at radius 2 is 2.38 bits per heavy atom. The van der Waals surface area contributed by atoms with Gasteiger partial charge in [-0.2, -0.15) is 11.3 Å². The number of aromatic nitrogens is 2. The first kappa shape index (κ1) is 15.0. The normalized spacial score (nSPS) is 11.9. The maximum Gasteiger partial charge on any atom is 0.326 e. The van der Waals surface area contributed by atoms with Gasteiger partial charge in [-0.15, -0.1) is 0 Å². The minimum absolute atomic E-state index is 0.160. The van der Waals surface area contributed by atoms with E-state index >= 15 is 0 Å². The molecule has 3 N–H and O–H groups in total. The quantitative estimate of drug-likeness (QED) is 0.749. The van der Waals surface area contributed by atoms with E-state index in [1.807, 2.05) is 16.8 Å². The molecule has 2 aromatic heterocycles. The zero-order chi connectivity index (χ0) is 15.2. The van der Waals surface area contributed by atoms with E-state index in [0.717, 1.165) is 5.56 Å². The van der Waals surface area contributed by atoms with Gasteiger partial charge in [-0.05, 0) is 22.4 Å². The van der Waals surface area contributed by atoms with Crippen molar-refractivity contribution in [1.29, 1.82) is 0 Å². The average molecular weight is 308 g/mol. The molecule has 112 valence electrons. The SMILES string of the molecule is CN(Cc1ccsc1)C(=O)NC(Cc1cnc[nH]1)C(=O)O. The molecule has 2 heterocycles. The number of hydrogen-bond acceptors (Lipinski definition) is 4. The Hall–Kier alpha value is -2.35. The number of aromatic amines is 1. The van der Waals surface area contributed by atoms with E-state index < -0.39 is 18.0 Å². The van der Waals surface area contributed by atoms with E-state index in [0.29, 0.717) is 12.2 Å². The molecule has 0 aliphatic carbocycles. The number of H-pyrrole nitrogens is 1. The lowest BCUT2D eigenvalue weighted by Crippen LogP contribution is -2.47. The predicted molar refractivity (Wildman–Crippen MR) is 78.0 cm³/mol. The van der Waals surface area contributed by atoms with Gasteiger partial charge in [0.1, 0.15) is 6.04 Å². The molecule has 0 bridgehead atoms. The molecule has 2 rings (SSSR count). The molecule has 0 fully saturated rings. The molecule has 0 saturated heterocycles. The molecule has 21 heavy (non-hydrogen) atoms. The lowest BCUT2D eigenvalue weighted by atomic mass is 10.1. The molecule has 0 saturated carbocycles. The number of urea groups is 1. The molecule has 2 aromatic rings. The molecule has 1 atom stereocenters. The number of nitrogens with zero attached hydrogens (tertiary/aromatic N) is 2. The predicted octanol–water partition coefficient (Wildman–Crippen LogP) is 1.31. The van der Waals surface area contributed by atoms with Crippen LogP contribution in [0.5, 0.6) is 0 Å². The van der Waals surface area contributed by atoms with Gasteiger partial charge in [-0.3, -0.25) is 0 Å². The van der Waals surface area contributed by atoms with Gasteiger partial charge >= 0.3 is 12.0 Å². The first-order chi connectivity index (χ1) is 10.1. The summed E-state index contributed by atoms with van der Waals surface area (Å²) in [6.45, 7) is 0.436. The molecule has 0 spiro atoms. The summed E-state index contributed by atoms with van der Waals surface area (Å²) in [5.41, 5.74) is 1.67. The monoisotopic (exact) mass is 308 g/mol. The highest BCUT2D eigenvalue weighted by molar-refractivity contribution is 7.07. The Balaban J connectivity index is 1.92. The molecule has 2 amide bonds. The number of imidazole rings is 1. The van der Waals surface area contributed by atoms with Crippen molar-refractivity contribution in [2.45, 2.75) is 19.0 Å². The lowest BCUT2D eigenvalue weighted by molar-refractivity contribution is -0.139. The maximum absolute atomic E-state index is 12.0. The van der Waals surface area contributed by atoms with Crippen LogP contribution in [0.3, 0.4) is 0 Å². The van der Waals surface area contributed by atoms with E-state index in [2.05, 4.69) is 15.3 Å². The molecular formula is C13H16N4O3S. The van der Waals surface area contributed by atoms with Gasteiger partial charge in [0.15, 0.2) is 0 Å². The average Bonchev–Trinajstić information content (AvgIpc) is 3.10. The number of thiophene rings is 1. The summed E-state index contributed by atoms with van der Waals surface area (Å²) in [4.78, 5) is 31.4. The minimum atomic E-state index is -1.08. The molecule has 8 heteroatoms. The number of hydrogen-bond donors (Lipinski definition) is 3.